The molecule has 1 saturated heterocycles. The van der Waals surface area contributed by atoms with Crippen molar-refractivity contribution in [3.63, 3.8) is 0 Å². The fourth-order valence-electron chi connectivity index (χ4n) is 9.06. The number of rotatable bonds is 18. The zero-order chi connectivity index (χ0) is 46.1. The van der Waals surface area contributed by atoms with Crippen molar-refractivity contribution in [3.05, 3.63) is 120 Å². The first kappa shape index (κ1) is 48.2. The van der Waals surface area contributed by atoms with Crippen molar-refractivity contribution in [2.45, 2.75) is 125 Å². The zero-order valence-electron chi connectivity index (χ0n) is 38.4. The predicted molar refractivity (Wildman–Crippen MR) is 246 cm³/mol. The van der Waals surface area contributed by atoms with E-state index < -0.39 is 59.0 Å². The van der Waals surface area contributed by atoms with Crippen LogP contribution in [-0.2, 0) is 29.0 Å². The third kappa shape index (κ3) is 13.8. The van der Waals surface area contributed by atoms with Crippen molar-refractivity contribution in [2.75, 3.05) is 13.1 Å². The summed E-state index contributed by atoms with van der Waals surface area (Å²) in [6.07, 6.45) is 0.366. The normalized spacial score (nSPS) is 15.9. The van der Waals surface area contributed by atoms with Crippen LogP contribution in [0, 0.1) is 23.2 Å². The fourth-order valence-corrected chi connectivity index (χ4v) is 9.06. The van der Waals surface area contributed by atoms with Gasteiger partial charge in [0.1, 0.15) is 12.1 Å². The van der Waals surface area contributed by atoms with Gasteiger partial charge in [0, 0.05) is 36.6 Å². The number of aliphatic hydroxyl groups excluding tert-OH is 1. The van der Waals surface area contributed by atoms with E-state index >= 15 is 0 Å². The molecule has 0 saturated carbocycles. The molecule has 0 radical (unpaired) electrons. The van der Waals surface area contributed by atoms with E-state index in [1.165, 1.54) is 0 Å². The molecule has 5 rings (SSSR count). The van der Waals surface area contributed by atoms with Crippen molar-refractivity contribution in [1.82, 2.24) is 35.7 Å². The number of aliphatic hydroxyl groups is 1. The summed E-state index contributed by atoms with van der Waals surface area (Å²) in [5.74, 6) is -0.907. The summed E-state index contributed by atoms with van der Waals surface area (Å²) in [5.41, 5.74) is 3.43. The van der Waals surface area contributed by atoms with Crippen LogP contribution < -0.4 is 16.0 Å². The van der Waals surface area contributed by atoms with E-state index in [1.807, 2.05) is 153 Å². The van der Waals surface area contributed by atoms with E-state index in [9.17, 15) is 29.4 Å². The molecule has 3 heterocycles. The number of carbonyl (C=O) groups is 4. The summed E-state index contributed by atoms with van der Waals surface area (Å²) in [5, 5.41) is 31.0. The van der Waals surface area contributed by atoms with E-state index in [1.54, 1.807) is 16.0 Å². The van der Waals surface area contributed by atoms with Crippen LogP contribution in [0.1, 0.15) is 90.7 Å². The quantitative estimate of drug-likeness (QED) is 0.0687. The molecule has 2 aromatic heterocycles. The second-order valence-electron chi connectivity index (χ2n) is 20.0. The molecule has 13 heteroatoms. The van der Waals surface area contributed by atoms with Gasteiger partial charge < -0.3 is 36.0 Å². The molecular weight excluding hydrogens is 795 g/mol. The Morgan fingerprint density at radius 2 is 1.43 bits per heavy atom. The van der Waals surface area contributed by atoms with E-state index in [0.717, 1.165) is 33.8 Å². The molecular formula is C50H67N7O6. The van der Waals surface area contributed by atoms with Crippen LogP contribution in [0.15, 0.2) is 97.2 Å². The van der Waals surface area contributed by atoms with Gasteiger partial charge in [0.2, 0.25) is 11.8 Å². The molecule has 63 heavy (non-hydrogen) atoms. The standard InChI is InChI=1S/C50H67N7O6/c1-33-16-15-19-37(52-33)31-56-26-27-57(47(56)63)43(49(5,6)7)45(60)54-40(29-34-17-11-10-12-18-34)41(58)30-38(28-35-21-23-36(24-22-35)39-20-13-14-25-51-39)53-44(59)42(55-46(61)62)50(8,9)32-48(2,3)4/h10-25,38,40-43,55,58H,26-32H2,1-9H3,(H,53,59)(H,54,60)(H,61,62)/t38-,40-,41-,42+,43+/m0/s1. The Hall–Kier alpha value is -5.82. The number of hydrogen-bond acceptors (Lipinski definition) is 7. The highest BCUT2D eigenvalue weighted by atomic mass is 16.4. The van der Waals surface area contributed by atoms with E-state index in [4.69, 9.17) is 0 Å². The van der Waals surface area contributed by atoms with Crippen LogP contribution in [0.4, 0.5) is 9.59 Å². The van der Waals surface area contributed by atoms with Crippen molar-refractivity contribution < 1.29 is 29.4 Å². The lowest BCUT2D eigenvalue weighted by Gasteiger charge is -2.39. The van der Waals surface area contributed by atoms with Gasteiger partial charge in [-0.15, -0.1) is 0 Å². The Labute approximate surface area is 373 Å². The topological polar surface area (TPSA) is 177 Å². The van der Waals surface area contributed by atoms with E-state index in [0.29, 0.717) is 32.5 Å². The van der Waals surface area contributed by atoms with Crippen molar-refractivity contribution in [2.24, 2.45) is 16.2 Å². The van der Waals surface area contributed by atoms with Crippen molar-refractivity contribution in [1.29, 1.82) is 0 Å². The Kier molecular flexibility index (Phi) is 15.7. The summed E-state index contributed by atoms with van der Waals surface area (Å²) in [6, 6.07) is 25.0. The summed E-state index contributed by atoms with van der Waals surface area (Å²) < 4.78 is 0. The van der Waals surface area contributed by atoms with Crippen LogP contribution in [-0.4, -0.2) is 97.3 Å². The number of benzene rings is 2. The Morgan fingerprint density at radius 3 is 2.03 bits per heavy atom. The lowest BCUT2D eigenvalue weighted by molar-refractivity contribution is -0.131. The highest BCUT2D eigenvalue weighted by Crippen LogP contribution is 2.36. The summed E-state index contributed by atoms with van der Waals surface area (Å²) >= 11 is 0. The smallest absolute Gasteiger partial charge is 0.405 e. The zero-order valence-corrected chi connectivity index (χ0v) is 38.4. The first-order valence-electron chi connectivity index (χ1n) is 21.9. The van der Waals surface area contributed by atoms with Gasteiger partial charge in [-0.05, 0) is 84.2 Å². The lowest BCUT2D eigenvalue weighted by atomic mass is 9.71. The molecule has 4 aromatic rings. The molecule has 2 aromatic carbocycles. The van der Waals surface area contributed by atoms with Gasteiger partial charge in [0.05, 0.1) is 30.1 Å². The number of aryl methyl sites for hydroxylation is 1. The Bertz CT molecular complexity index is 2150. The van der Waals surface area contributed by atoms with Crippen molar-refractivity contribution in [3.8, 4) is 11.3 Å². The van der Waals surface area contributed by atoms with Crippen LogP contribution in [0.2, 0.25) is 0 Å². The van der Waals surface area contributed by atoms with Gasteiger partial charge in [-0.25, -0.2) is 9.59 Å². The lowest BCUT2D eigenvalue weighted by Crippen LogP contribution is -2.59. The van der Waals surface area contributed by atoms with Gasteiger partial charge in [-0.1, -0.05) is 122 Å². The van der Waals surface area contributed by atoms with Crippen LogP contribution in [0.25, 0.3) is 11.3 Å². The minimum atomic E-state index is -1.32. The molecule has 1 fully saturated rings. The number of carboxylic acid groups (broad SMARTS) is 1. The number of pyridine rings is 2. The number of hydrogen-bond donors (Lipinski definition) is 5. The Morgan fingerprint density at radius 1 is 0.762 bits per heavy atom. The molecule has 0 unspecified atom stereocenters. The first-order valence-corrected chi connectivity index (χ1v) is 21.9. The maximum absolute atomic E-state index is 14.7. The van der Waals surface area contributed by atoms with Gasteiger partial charge in [-0.3, -0.25) is 19.6 Å². The van der Waals surface area contributed by atoms with Gasteiger partial charge >= 0.3 is 12.1 Å². The molecule has 13 nitrogen and oxygen atoms in total. The number of aromatic nitrogens is 2. The van der Waals surface area contributed by atoms with Crippen molar-refractivity contribution >= 4 is 23.9 Å². The summed E-state index contributed by atoms with van der Waals surface area (Å²) in [6.45, 7) is 18.6. The highest BCUT2D eigenvalue weighted by Gasteiger charge is 2.45. The molecule has 0 aliphatic carbocycles. The van der Waals surface area contributed by atoms with Gasteiger partial charge in [-0.2, -0.15) is 0 Å². The molecule has 1 aliphatic heterocycles. The third-order valence-corrected chi connectivity index (χ3v) is 11.5. The second-order valence-corrected chi connectivity index (χ2v) is 20.0. The number of carbonyl (C=O) groups excluding carboxylic acids is 3. The highest BCUT2D eigenvalue weighted by molar-refractivity contribution is 5.89. The van der Waals surface area contributed by atoms with Gasteiger partial charge in [0.25, 0.3) is 0 Å². The molecule has 5 amide bonds. The van der Waals surface area contributed by atoms with Crippen LogP contribution in [0.3, 0.4) is 0 Å². The van der Waals surface area contributed by atoms with Crippen LogP contribution in [0.5, 0.6) is 0 Å². The number of urea groups is 1. The molecule has 5 atom stereocenters. The monoisotopic (exact) mass is 862 g/mol. The summed E-state index contributed by atoms with van der Waals surface area (Å²) in [4.78, 5) is 67.5. The molecule has 1 aliphatic rings. The second kappa shape index (κ2) is 20.6. The molecule has 5 N–H and O–H groups in total. The van der Waals surface area contributed by atoms with E-state index in [2.05, 4.69) is 25.9 Å². The Balaban J connectivity index is 1.44. The maximum Gasteiger partial charge on any atom is 0.405 e. The third-order valence-electron chi connectivity index (χ3n) is 11.5. The molecule has 0 spiro atoms. The first-order chi connectivity index (χ1) is 29.6. The average molecular weight is 862 g/mol. The summed E-state index contributed by atoms with van der Waals surface area (Å²) in [7, 11) is 0. The largest absolute Gasteiger partial charge is 0.465 e. The fraction of sp³-hybridized carbons (Fsp3) is 0.480. The number of nitrogens with zero attached hydrogens (tertiary/aromatic N) is 4. The minimum Gasteiger partial charge on any atom is -0.465 e. The number of amides is 5. The van der Waals surface area contributed by atoms with Gasteiger partial charge in [0.15, 0.2) is 0 Å². The molecule has 0 bridgehead atoms. The number of nitrogens with one attached hydrogen (secondary N) is 3. The maximum atomic E-state index is 14.7. The van der Waals surface area contributed by atoms with Crippen LogP contribution >= 0.6 is 0 Å². The average Bonchev–Trinajstić information content (AvgIpc) is 3.53. The van der Waals surface area contributed by atoms with E-state index in [-0.39, 0.29) is 24.3 Å². The minimum absolute atomic E-state index is 0.0190. The molecule has 338 valence electrons. The predicted octanol–water partition coefficient (Wildman–Crippen LogP) is 7.41. The SMILES string of the molecule is Cc1cccc(CN2CCN([C@H](C(=O)N[C@@H](Cc3ccccc3)[C@@H](O)C[C@H](Cc3ccc(-c4ccccn4)cc3)NC(=O)[C@@H](NC(=O)O)C(C)(C)CC(C)(C)C)C(C)(C)C)C2=O)n1.